The molecule has 1 aliphatic heterocycles. The van der Waals surface area contributed by atoms with Crippen molar-refractivity contribution in [3.05, 3.63) is 57.4 Å². The van der Waals surface area contributed by atoms with E-state index in [9.17, 15) is 14.9 Å². The average molecular weight is 356 g/mol. The summed E-state index contributed by atoms with van der Waals surface area (Å²) >= 11 is 0. The Morgan fingerprint density at radius 3 is 2.54 bits per heavy atom. The van der Waals surface area contributed by atoms with Crippen LogP contribution in [0.25, 0.3) is 0 Å². The summed E-state index contributed by atoms with van der Waals surface area (Å²) in [5, 5.41) is 15.3. The summed E-state index contributed by atoms with van der Waals surface area (Å²) in [4.78, 5) is 25.4. The smallest absolute Gasteiger partial charge is 0.312 e. The molecule has 1 saturated heterocycles. The van der Waals surface area contributed by atoms with Gasteiger partial charge in [-0.25, -0.2) is 0 Å². The van der Waals surface area contributed by atoms with Crippen molar-refractivity contribution < 1.29 is 9.72 Å². The molecule has 0 spiro atoms. The summed E-state index contributed by atoms with van der Waals surface area (Å²) in [5.41, 5.74) is 1.94. The fraction of sp³-hybridized carbons (Fsp3) is 0.474. The summed E-state index contributed by atoms with van der Waals surface area (Å²) in [7, 11) is 0. The molecule has 7 heteroatoms. The molecule has 2 aromatic rings. The topological polar surface area (TPSA) is 81.3 Å². The molecule has 2 heterocycles. The third-order valence-corrected chi connectivity index (χ3v) is 5.31. The first-order valence-corrected chi connectivity index (χ1v) is 8.72. The van der Waals surface area contributed by atoms with E-state index in [1.54, 1.807) is 13.8 Å². The first-order valence-electron chi connectivity index (χ1n) is 8.72. The fourth-order valence-corrected chi connectivity index (χ4v) is 3.90. The van der Waals surface area contributed by atoms with Crippen molar-refractivity contribution in [1.29, 1.82) is 0 Å². The van der Waals surface area contributed by atoms with E-state index in [4.69, 9.17) is 0 Å². The lowest BCUT2D eigenvalue weighted by Crippen LogP contribution is -2.33. The lowest BCUT2D eigenvalue weighted by Gasteiger charge is -2.25. The van der Waals surface area contributed by atoms with Gasteiger partial charge in [0.25, 0.3) is 0 Å². The Bertz CT molecular complexity index is 842. The van der Waals surface area contributed by atoms with Gasteiger partial charge < -0.3 is 4.90 Å². The van der Waals surface area contributed by atoms with E-state index in [1.807, 2.05) is 23.1 Å². The third kappa shape index (κ3) is 3.21. The first-order chi connectivity index (χ1) is 12.2. The van der Waals surface area contributed by atoms with Gasteiger partial charge in [-0.15, -0.1) is 0 Å². The van der Waals surface area contributed by atoms with Crippen LogP contribution in [0, 0.1) is 29.4 Å². The molecule has 0 radical (unpaired) electrons. The van der Waals surface area contributed by atoms with Crippen LogP contribution in [0.2, 0.25) is 0 Å². The van der Waals surface area contributed by atoms with Crippen LogP contribution in [0.5, 0.6) is 0 Å². The summed E-state index contributed by atoms with van der Waals surface area (Å²) < 4.78 is 1.44. The Kier molecular flexibility index (Phi) is 4.56. The number of aromatic nitrogens is 2. The highest BCUT2D eigenvalue weighted by Crippen LogP contribution is 2.42. The Labute approximate surface area is 152 Å². The lowest BCUT2D eigenvalue weighted by atomic mass is 9.78. The number of benzene rings is 1. The SMILES string of the molecule is Cc1nn(CC(=O)N2CC(c3ccccc3)C(C)(C)C2)c(C)c1[N+](=O)[O-]. The summed E-state index contributed by atoms with van der Waals surface area (Å²) in [5.74, 6) is 0.208. The highest BCUT2D eigenvalue weighted by molar-refractivity contribution is 5.76. The van der Waals surface area contributed by atoms with E-state index >= 15 is 0 Å². The normalized spacial score (nSPS) is 18.9. The predicted octanol–water partition coefficient (Wildman–Crippen LogP) is 3.06. The van der Waals surface area contributed by atoms with Gasteiger partial charge in [-0.2, -0.15) is 5.10 Å². The van der Waals surface area contributed by atoms with Crippen LogP contribution in [0.3, 0.4) is 0 Å². The van der Waals surface area contributed by atoms with Gasteiger partial charge in [0.1, 0.15) is 17.9 Å². The number of nitrogens with zero attached hydrogens (tertiary/aromatic N) is 4. The van der Waals surface area contributed by atoms with Gasteiger partial charge in [0, 0.05) is 19.0 Å². The van der Waals surface area contributed by atoms with Gasteiger partial charge in [0.05, 0.1) is 4.92 Å². The quantitative estimate of drug-likeness (QED) is 0.623. The molecule has 1 aromatic heterocycles. The molecule has 1 aliphatic rings. The van der Waals surface area contributed by atoms with E-state index in [2.05, 4.69) is 31.1 Å². The number of amides is 1. The van der Waals surface area contributed by atoms with Crippen LogP contribution in [-0.2, 0) is 11.3 Å². The highest BCUT2D eigenvalue weighted by Gasteiger charge is 2.42. The van der Waals surface area contributed by atoms with Crippen molar-refractivity contribution in [1.82, 2.24) is 14.7 Å². The van der Waals surface area contributed by atoms with Crippen molar-refractivity contribution >= 4 is 11.6 Å². The molecule has 1 amide bonds. The molecule has 0 aliphatic carbocycles. The van der Waals surface area contributed by atoms with Crippen LogP contribution >= 0.6 is 0 Å². The second-order valence-electron chi connectivity index (χ2n) is 7.66. The first kappa shape index (κ1) is 18.1. The molecule has 138 valence electrons. The Balaban J connectivity index is 1.78. The second-order valence-corrected chi connectivity index (χ2v) is 7.66. The lowest BCUT2D eigenvalue weighted by molar-refractivity contribution is -0.386. The summed E-state index contributed by atoms with van der Waals surface area (Å²) in [6.07, 6.45) is 0. The van der Waals surface area contributed by atoms with Crippen molar-refractivity contribution in [3.8, 4) is 0 Å². The van der Waals surface area contributed by atoms with Crippen LogP contribution < -0.4 is 0 Å². The summed E-state index contributed by atoms with van der Waals surface area (Å²) in [6, 6.07) is 10.2. The Morgan fingerprint density at radius 2 is 1.96 bits per heavy atom. The number of carbonyl (C=O) groups is 1. The monoisotopic (exact) mass is 356 g/mol. The molecule has 7 nitrogen and oxygen atoms in total. The van der Waals surface area contributed by atoms with Crippen molar-refractivity contribution in [2.75, 3.05) is 13.1 Å². The molecule has 1 atom stereocenters. The van der Waals surface area contributed by atoms with E-state index in [0.717, 1.165) is 0 Å². The number of nitro groups is 1. The minimum atomic E-state index is -0.441. The van der Waals surface area contributed by atoms with Gasteiger partial charge in [0.15, 0.2) is 0 Å². The van der Waals surface area contributed by atoms with E-state index in [-0.39, 0.29) is 29.5 Å². The average Bonchev–Trinajstić information content (AvgIpc) is 3.04. The number of likely N-dealkylation sites (tertiary alicyclic amines) is 1. The maximum absolute atomic E-state index is 12.8. The zero-order valence-electron chi connectivity index (χ0n) is 15.6. The number of hydrogen-bond donors (Lipinski definition) is 0. The van der Waals surface area contributed by atoms with Crippen LogP contribution in [-0.4, -0.2) is 38.6 Å². The molecule has 1 unspecified atom stereocenters. The maximum Gasteiger partial charge on any atom is 0.312 e. The Morgan fingerprint density at radius 1 is 1.31 bits per heavy atom. The number of rotatable bonds is 4. The maximum atomic E-state index is 12.8. The zero-order chi connectivity index (χ0) is 19.1. The van der Waals surface area contributed by atoms with Crippen LogP contribution in [0.1, 0.15) is 36.7 Å². The fourth-order valence-electron chi connectivity index (χ4n) is 3.90. The van der Waals surface area contributed by atoms with Crippen LogP contribution in [0.15, 0.2) is 30.3 Å². The second kappa shape index (κ2) is 6.55. The predicted molar refractivity (Wildman–Crippen MR) is 97.9 cm³/mol. The summed E-state index contributed by atoms with van der Waals surface area (Å²) in [6.45, 7) is 8.91. The van der Waals surface area contributed by atoms with Gasteiger partial charge in [-0.1, -0.05) is 44.2 Å². The van der Waals surface area contributed by atoms with E-state index < -0.39 is 4.92 Å². The van der Waals surface area contributed by atoms with Crippen LogP contribution in [0.4, 0.5) is 5.69 Å². The minimum Gasteiger partial charge on any atom is -0.340 e. The zero-order valence-corrected chi connectivity index (χ0v) is 15.6. The standard InChI is InChI=1S/C19H24N4O3/c1-13-18(23(25)26)14(2)22(20-13)11-17(24)21-10-16(19(3,4)12-21)15-8-6-5-7-9-15/h5-9,16H,10-12H2,1-4H3. The third-order valence-electron chi connectivity index (χ3n) is 5.31. The molecule has 0 N–H and O–H groups in total. The number of aryl methyl sites for hydroxylation is 1. The molecule has 3 rings (SSSR count). The molecule has 26 heavy (non-hydrogen) atoms. The van der Waals surface area contributed by atoms with Gasteiger partial charge >= 0.3 is 5.69 Å². The minimum absolute atomic E-state index is 0.0123. The highest BCUT2D eigenvalue weighted by atomic mass is 16.6. The molecule has 1 aromatic carbocycles. The van der Waals surface area contributed by atoms with Gasteiger partial charge in [-0.05, 0) is 24.8 Å². The molecule has 0 bridgehead atoms. The van der Waals surface area contributed by atoms with Crippen molar-refractivity contribution in [3.63, 3.8) is 0 Å². The largest absolute Gasteiger partial charge is 0.340 e. The molecule has 0 saturated carbocycles. The van der Waals surface area contributed by atoms with Crippen molar-refractivity contribution in [2.24, 2.45) is 5.41 Å². The van der Waals surface area contributed by atoms with Crippen molar-refractivity contribution in [2.45, 2.75) is 40.2 Å². The van der Waals surface area contributed by atoms with Gasteiger partial charge in [0.2, 0.25) is 5.91 Å². The number of hydrogen-bond acceptors (Lipinski definition) is 4. The molecular formula is C19H24N4O3. The Hall–Kier alpha value is -2.70. The molecular weight excluding hydrogens is 332 g/mol. The van der Waals surface area contributed by atoms with E-state index in [1.165, 1.54) is 10.2 Å². The number of carbonyl (C=O) groups excluding carboxylic acids is 1. The van der Waals surface area contributed by atoms with E-state index in [0.29, 0.717) is 24.5 Å². The van der Waals surface area contributed by atoms with Gasteiger partial charge in [-0.3, -0.25) is 19.6 Å². The molecule has 1 fully saturated rings.